The van der Waals surface area contributed by atoms with E-state index in [0.717, 1.165) is 38.6 Å². The maximum Gasteiger partial charge on any atom is 0.221 e. The van der Waals surface area contributed by atoms with Crippen LogP contribution in [0.1, 0.15) is 40.0 Å². The third kappa shape index (κ3) is 6.36. The Kier molecular flexibility index (Phi) is 7.28. The lowest BCUT2D eigenvalue weighted by Gasteiger charge is -2.32. The molecule has 1 unspecified atom stereocenters. The predicted molar refractivity (Wildman–Crippen MR) is 75.6 cm³/mol. The summed E-state index contributed by atoms with van der Waals surface area (Å²) in [6.07, 6.45) is 3.22. The van der Waals surface area contributed by atoms with Gasteiger partial charge < -0.3 is 15.5 Å². The average molecular weight is 255 g/mol. The molecule has 1 aliphatic rings. The highest BCUT2D eigenvalue weighted by molar-refractivity contribution is 5.76. The van der Waals surface area contributed by atoms with Crippen LogP contribution in [0.3, 0.4) is 0 Å². The van der Waals surface area contributed by atoms with Crippen molar-refractivity contribution in [3.63, 3.8) is 0 Å². The van der Waals surface area contributed by atoms with Crippen LogP contribution in [0, 0.1) is 5.92 Å². The number of rotatable bonds is 7. The Balaban J connectivity index is 2.19. The van der Waals surface area contributed by atoms with E-state index in [-0.39, 0.29) is 11.9 Å². The monoisotopic (exact) mass is 255 g/mol. The maximum absolute atomic E-state index is 11.6. The molecule has 0 spiro atoms. The van der Waals surface area contributed by atoms with Gasteiger partial charge in [-0.05, 0) is 52.2 Å². The first-order valence-corrected chi connectivity index (χ1v) is 7.34. The number of hydrogen-bond donors (Lipinski definition) is 2. The maximum atomic E-state index is 11.6. The molecular weight excluding hydrogens is 226 g/mol. The van der Waals surface area contributed by atoms with Crippen molar-refractivity contribution in [2.24, 2.45) is 5.92 Å². The lowest BCUT2D eigenvalue weighted by Crippen LogP contribution is -2.41. The SMILES string of the molecule is CCNCC1CCCN(CCC(=O)NC(C)C)C1. The molecule has 2 N–H and O–H groups in total. The number of likely N-dealkylation sites (tertiary alicyclic amines) is 1. The molecule has 4 heteroatoms. The van der Waals surface area contributed by atoms with E-state index in [9.17, 15) is 4.79 Å². The van der Waals surface area contributed by atoms with E-state index in [2.05, 4.69) is 22.5 Å². The molecule has 1 amide bonds. The van der Waals surface area contributed by atoms with E-state index in [4.69, 9.17) is 0 Å². The Morgan fingerprint density at radius 3 is 2.89 bits per heavy atom. The van der Waals surface area contributed by atoms with Gasteiger partial charge >= 0.3 is 0 Å². The number of nitrogens with zero attached hydrogens (tertiary/aromatic N) is 1. The number of carbonyl (C=O) groups excluding carboxylic acids is 1. The fourth-order valence-electron chi connectivity index (χ4n) is 2.52. The molecule has 0 aromatic carbocycles. The summed E-state index contributed by atoms with van der Waals surface area (Å²) in [7, 11) is 0. The van der Waals surface area contributed by atoms with Gasteiger partial charge in [-0.3, -0.25) is 4.79 Å². The van der Waals surface area contributed by atoms with E-state index in [0.29, 0.717) is 6.42 Å². The van der Waals surface area contributed by atoms with Crippen molar-refractivity contribution in [2.75, 3.05) is 32.7 Å². The van der Waals surface area contributed by atoms with E-state index in [1.165, 1.54) is 12.8 Å². The number of amides is 1. The summed E-state index contributed by atoms with van der Waals surface area (Å²) in [6, 6.07) is 0.250. The smallest absolute Gasteiger partial charge is 0.221 e. The predicted octanol–water partition coefficient (Wildman–Crippen LogP) is 1.22. The van der Waals surface area contributed by atoms with Gasteiger partial charge in [0, 0.05) is 25.6 Å². The Labute approximate surface area is 111 Å². The molecule has 4 nitrogen and oxygen atoms in total. The van der Waals surface area contributed by atoms with Crippen molar-refractivity contribution in [2.45, 2.75) is 46.1 Å². The minimum atomic E-state index is 0.179. The zero-order chi connectivity index (χ0) is 13.4. The number of carbonyl (C=O) groups is 1. The highest BCUT2D eigenvalue weighted by atomic mass is 16.1. The molecule has 1 saturated heterocycles. The van der Waals surface area contributed by atoms with Crippen LogP contribution in [0.5, 0.6) is 0 Å². The molecule has 106 valence electrons. The van der Waals surface area contributed by atoms with Gasteiger partial charge in [0.2, 0.25) is 5.91 Å². The molecule has 0 radical (unpaired) electrons. The average Bonchev–Trinajstić information content (AvgIpc) is 2.33. The van der Waals surface area contributed by atoms with Gasteiger partial charge in [-0.2, -0.15) is 0 Å². The lowest BCUT2D eigenvalue weighted by atomic mass is 9.98. The third-order valence-corrected chi connectivity index (χ3v) is 3.39. The quantitative estimate of drug-likeness (QED) is 0.719. The minimum absolute atomic E-state index is 0.179. The Hall–Kier alpha value is -0.610. The Morgan fingerprint density at radius 2 is 2.22 bits per heavy atom. The van der Waals surface area contributed by atoms with Gasteiger partial charge in [-0.1, -0.05) is 6.92 Å². The second-order valence-corrected chi connectivity index (χ2v) is 5.59. The van der Waals surface area contributed by atoms with Crippen molar-refractivity contribution in [3.8, 4) is 0 Å². The lowest BCUT2D eigenvalue weighted by molar-refractivity contribution is -0.122. The number of piperidine rings is 1. The summed E-state index contributed by atoms with van der Waals surface area (Å²) in [5.41, 5.74) is 0. The standard InChI is InChI=1S/C14H29N3O/c1-4-15-10-13-6-5-8-17(11-13)9-7-14(18)16-12(2)3/h12-13,15H,4-11H2,1-3H3,(H,16,18). The second-order valence-electron chi connectivity index (χ2n) is 5.59. The molecule has 1 atom stereocenters. The van der Waals surface area contributed by atoms with Crippen LogP contribution in [-0.4, -0.2) is 49.6 Å². The molecule has 1 heterocycles. The van der Waals surface area contributed by atoms with Crippen molar-refractivity contribution in [1.29, 1.82) is 0 Å². The molecule has 1 fully saturated rings. The molecule has 18 heavy (non-hydrogen) atoms. The fourth-order valence-corrected chi connectivity index (χ4v) is 2.52. The van der Waals surface area contributed by atoms with Gasteiger partial charge in [0.05, 0.1) is 0 Å². The first-order chi connectivity index (χ1) is 8.61. The van der Waals surface area contributed by atoms with E-state index >= 15 is 0 Å². The van der Waals surface area contributed by atoms with Crippen molar-refractivity contribution >= 4 is 5.91 Å². The largest absolute Gasteiger partial charge is 0.354 e. The van der Waals surface area contributed by atoms with Crippen LogP contribution >= 0.6 is 0 Å². The Bertz CT molecular complexity index is 243. The molecule has 0 aliphatic carbocycles. The summed E-state index contributed by atoms with van der Waals surface area (Å²) < 4.78 is 0. The van der Waals surface area contributed by atoms with E-state index < -0.39 is 0 Å². The van der Waals surface area contributed by atoms with Crippen LogP contribution in [0.25, 0.3) is 0 Å². The summed E-state index contributed by atoms with van der Waals surface area (Å²) in [5, 5.41) is 6.37. The first-order valence-electron chi connectivity index (χ1n) is 7.34. The summed E-state index contributed by atoms with van der Waals surface area (Å²) in [4.78, 5) is 14.0. The van der Waals surface area contributed by atoms with Crippen molar-refractivity contribution in [1.82, 2.24) is 15.5 Å². The van der Waals surface area contributed by atoms with Crippen molar-refractivity contribution < 1.29 is 4.79 Å². The number of hydrogen-bond acceptors (Lipinski definition) is 3. The molecule has 0 aromatic heterocycles. The van der Waals surface area contributed by atoms with Gasteiger partial charge in [0.25, 0.3) is 0 Å². The van der Waals surface area contributed by atoms with E-state index in [1.54, 1.807) is 0 Å². The van der Waals surface area contributed by atoms with E-state index in [1.807, 2.05) is 13.8 Å². The molecule has 0 saturated carbocycles. The Morgan fingerprint density at radius 1 is 1.44 bits per heavy atom. The first kappa shape index (κ1) is 15.4. The zero-order valence-electron chi connectivity index (χ0n) is 12.2. The van der Waals surface area contributed by atoms with Crippen LogP contribution < -0.4 is 10.6 Å². The third-order valence-electron chi connectivity index (χ3n) is 3.39. The molecule has 1 aliphatic heterocycles. The molecule has 0 bridgehead atoms. The van der Waals surface area contributed by atoms with Gasteiger partial charge in [-0.25, -0.2) is 0 Å². The van der Waals surface area contributed by atoms with Crippen LogP contribution in [-0.2, 0) is 4.79 Å². The molecule has 1 rings (SSSR count). The van der Waals surface area contributed by atoms with Gasteiger partial charge in [0.15, 0.2) is 0 Å². The summed E-state index contributed by atoms with van der Waals surface area (Å²) in [5.74, 6) is 0.936. The highest BCUT2D eigenvalue weighted by Crippen LogP contribution is 2.15. The normalized spacial score (nSPS) is 21.2. The van der Waals surface area contributed by atoms with Gasteiger partial charge in [-0.15, -0.1) is 0 Å². The fraction of sp³-hybridized carbons (Fsp3) is 0.929. The van der Waals surface area contributed by atoms with Crippen LogP contribution in [0.15, 0.2) is 0 Å². The van der Waals surface area contributed by atoms with Crippen LogP contribution in [0.4, 0.5) is 0 Å². The van der Waals surface area contributed by atoms with Gasteiger partial charge in [0.1, 0.15) is 0 Å². The van der Waals surface area contributed by atoms with Crippen LogP contribution in [0.2, 0.25) is 0 Å². The summed E-state index contributed by atoms with van der Waals surface area (Å²) in [6.45, 7) is 11.5. The highest BCUT2D eigenvalue weighted by Gasteiger charge is 2.19. The molecule has 0 aromatic rings. The topological polar surface area (TPSA) is 44.4 Å². The number of nitrogens with one attached hydrogen (secondary N) is 2. The minimum Gasteiger partial charge on any atom is -0.354 e. The molecular formula is C14H29N3O. The summed E-state index contributed by atoms with van der Waals surface area (Å²) >= 11 is 0. The second kappa shape index (κ2) is 8.48. The van der Waals surface area contributed by atoms with Crippen molar-refractivity contribution in [3.05, 3.63) is 0 Å². The zero-order valence-corrected chi connectivity index (χ0v) is 12.2.